The van der Waals surface area contributed by atoms with Crippen molar-refractivity contribution < 1.29 is 0 Å². The molecule has 0 N–H and O–H groups in total. The van der Waals surface area contributed by atoms with Crippen molar-refractivity contribution in [1.29, 1.82) is 0 Å². The zero-order valence-electron chi connectivity index (χ0n) is 16.3. The number of unbranched alkanes of at least 4 members (excludes halogenated alkanes) is 2. The Morgan fingerprint density at radius 3 is 1.34 bits per heavy atom. The Labute approximate surface area is 183 Å². The Kier molecular flexibility index (Phi) is 7.61. The number of hydrogen-bond donors (Lipinski definition) is 0. The topological polar surface area (TPSA) is 51.6 Å². The van der Waals surface area contributed by atoms with E-state index in [9.17, 15) is 0 Å². The maximum absolute atomic E-state index is 4.43. The van der Waals surface area contributed by atoms with E-state index in [1.807, 2.05) is 0 Å². The molecule has 0 saturated carbocycles. The molecule has 2 aromatic carbocycles. The van der Waals surface area contributed by atoms with E-state index in [1.165, 1.54) is 48.7 Å². The minimum atomic E-state index is 0.342. The van der Waals surface area contributed by atoms with Crippen LogP contribution in [-0.4, -0.2) is 49.4 Å². The van der Waals surface area contributed by atoms with E-state index < -0.39 is 0 Å². The van der Waals surface area contributed by atoms with Crippen molar-refractivity contribution in [3.8, 4) is 0 Å². The van der Waals surface area contributed by atoms with E-state index in [0.717, 1.165) is 25.7 Å². The zero-order chi connectivity index (χ0) is 19.7. The molecule has 0 aliphatic heterocycles. The number of nitrogens with zero attached hydrogens (tertiary/aromatic N) is 4. The van der Waals surface area contributed by atoms with Crippen LogP contribution in [0.4, 0.5) is 0 Å². The molecule has 0 radical (unpaired) electrons. The number of hydrogen-bond acceptors (Lipinski definition) is 4. The summed E-state index contributed by atoms with van der Waals surface area (Å²) in [6, 6.07) is 21.1. The predicted octanol–water partition coefficient (Wildman–Crippen LogP) is 3.52. The fourth-order valence-electron chi connectivity index (χ4n) is 3.19. The summed E-state index contributed by atoms with van der Waals surface area (Å²) < 4.78 is 5.12. The van der Waals surface area contributed by atoms with Crippen LogP contribution in [0.25, 0.3) is 0 Å². The van der Waals surface area contributed by atoms with Gasteiger partial charge in [-0.3, -0.25) is 0 Å². The van der Waals surface area contributed by atoms with Crippen LogP contribution in [-0.2, 0) is 25.7 Å². The molecule has 0 saturated heterocycles. The average Bonchev–Trinajstić information content (AvgIpc) is 3.39. The van der Waals surface area contributed by atoms with Gasteiger partial charge in [-0.15, -0.1) is 0 Å². The summed E-state index contributed by atoms with van der Waals surface area (Å²) in [5.41, 5.74) is 2.66. The Balaban J connectivity index is 1.15. The van der Waals surface area contributed by atoms with Gasteiger partial charge in [0.05, 0.1) is 0 Å². The molecule has 0 fully saturated rings. The van der Waals surface area contributed by atoms with Gasteiger partial charge in [0.1, 0.15) is 0 Å². The van der Waals surface area contributed by atoms with Crippen LogP contribution in [0.3, 0.4) is 0 Å². The van der Waals surface area contributed by atoms with Crippen molar-refractivity contribution in [1.82, 2.24) is 20.4 Å². The predicted molar refractivity (Wildman–Crippen MR) is 118 cm³/mol. The van der Waals surface area contributed by atoms with Gasteiger partial charge in [0, 0.05) is 0 Å². The molecule has 0 bridgehead atoms. The van der Waals surface area contributed by atoms with Gasteiger partial charge >= 0.3 is 184 Å². The second-order valence-corrected chi connectivity index (χ2v) is 11.9. The molecule has 0 aliphatic carbocycles. The monoisotopic (exact) mass is 516 g/mol. The van der Waals surface area contributed by atoms with Gasteiger partial charge in [-0.2, -0.15) is 0 Å². The Bertz CT molecular complexity index is 914. The van der Waals surface area contributed by atoms with Crippen LogP contribution in [0.15, 0.2) is 60.7 Å². The van der Waals surface area contributed by atoms with Crippen molar-refractivity contribution in [3.63, 3.8) is 0 Å². The third kappa shape index (κ3) is 6.58. The third-order valence-electron chi connectivity index (χ3n) is 4.70. The molecule has 6 heteroatoms. The molecular formula is C23H24N4Se2. The van der Waals surface area contributed by atoms with Crippen LogP contribution in [0, 0.1) is 0 Å². The second-order valence-electron chi connectivity index (χ2n) is 7.06. The molecule has 4 aromatic rings. The first-order valence-electron chi connectivity index (χ1n) is 10.1. The molecule has 0 unspecified atom stereocenters. The van der Waals surface area contributed by atoms with Gasteiger partial charge in [0.25, 0.3) is 0 Å². The van der Waals surface area contributed by atoms with Crippen LogP contribution < -0.4 is 0 Å². The standard InChI is InChI=1S/C23H24N4Se2/c1-4-10-18(11-5-1)16-22-26-24-20(28-22)14-8-3-9-15-21-25-27-23(29-21)17-19-12-6-2-7-13-19/h1-2,4-7,10-13H,3,8-9,14-17H2. The first kappa shape index (κ1) is 20.4. The van der Waals surface area contributed by atoms with Gasteiger partial charge in [-0.05, 0) is 0 Å². The van der Waals surface area contributed by atoms with E-state index in [0.29, 0.717) is 29.0 Å². The molecule has 4 rings (SSSR count). The summed E-state index contributed by atoms with van der Waals surface area (Å²) >= 11 is 0.684. The minimum absolute atomic E-state index is 0.342. The number of aromatic nitrogens is 4. The fourth-order valence-corrected chi connectivity index (χ4v) is 7.05. The van der Waals surface area contributed by atoms with Crippen LogP contribution >= 0.6 is 0 Å². The van der Waals surface area contributed by atoms with Gasteiger partial charge in [0.2, 0.25) is 0 Å². The van der Waals surface area contributed by atoms with Gasteiger partial charge in [-0.25, -0.2) is 0 Å². The van der Waals surface area contributed by atoms with Crippen LogP contribution in [0.2, 0.25) is 0 Å². The van der Waals surface area contributed by atoms with Crippen molar-refractivity contribution in [2.75, 3.05) is 0 Å². The van der Waals surface area contributed by atoms with Crippen LogP contribution in [0.1, 0.15) is 48.7 Å². The van der Waals surface area contributed by atoms with E-state index >= 15 is 0 Å². The van der Waals surface area contributed by atoms with Crippen molar-refractivity contribution in [2.45, 2.75) is 44.9 Å². The zero-order valence-corrected chi connectivity index (χ0v) is 19.8. The van der Waals surface area contributed by atoms with Gasteiger partial charge < -0.3 is 0 Å². The van der Waals surface area contributed by atoms with E-state index in [1.54, 1.807) is 0 Å². The molecule has 2 aromatic heterocycles. The molecule has 2 heterocycles. The first-order valence-corrected chi connectivity index (χ1v) is 13.5. The molecule has 0 amide bonds. The van der Waals surface area contributed by atoms with E-state index in [2.05, 4.69) is 81.1 Å². The third-order valence-corrected chi connectivity index (χ3v) is 8.82. The number of rotatable bonds is 10. The number of aryl methyl sites for hydroxylation is 2. The summed E-state index contributed by atoms with van der Waals surface area (Å²) in [4.78, 5) is 0. The van der Waals surface area contributed by atoms with Gasteiger partial charge in [-0.1, -0.05) is 0 Å². The SMILES string of the molecule is c1ccc(Cc2nnc(CCCCCc3nnc(Cc4ccccc4)[se]3)[se]2)cc1. The summed E-state index contributed by atoms with van der Waals surface area (Å²) in [5.74, 6) is 0. The molecule has 29 heavy (non-hydrogen) atoms. The van der Waals surface area contributed by atoms with Crippen LogP contribution in [0.5, 0.6) is 0 Å². The molecule has 4 nitrogen and oxygen atoms in total. The van der Waals surface area contributed by atoms with Crippen molar-refractivity contribution in [3.05, 3.63) is 90.1 Å². The average molecular weight is 514 g/mol. The number of benzene rings is 2. The Hall–Kier alpha value is -1.84. The second kappa shape index (κ2) is 10.8. The van der Waals surface area contributed by atoms with Crippen molar-refractivity contribution in [2.24, 2.45) is 0 Å². The molecule has 0 atom stereocenters. The fraction of sp³-hybridized carbons (Fsp3) is 0.304. The van der Waals surface area contributed by atoms with E-state index in [4.69, 9.17) is 0 Å². The summed E-state index contributed by atoms with van der Waals surface area (Å²) in [6.07, 6.45) is 7.71. The molecule has 148 valence electrons. The molecular weight excluding hydrogens is 490 g/mol. The van der Waals surface area contributed by atoms with Crippen molar-refractivity contribution >= 4 is 29.0 Å². The summed E-state index contributed by atoms with van der Waals surface area (Å²) in [7, 11) is 0. The normalized spacial score (nSPS) is 11.0. The Morgan fingerprint density at radius 1 is 0.483 bits per heavy atom. The maximum atomic E-state index is 4.43. The first-order chi connectivity index (χ1) is 14.3. The summed E-state index contributed by atoms with van der Waals surface area (Å²) in [6.45, 7) is 0. The van der Waals surface area contributed by atoms with E-state index in [-0.39, 0.29) is 0 Å². The molecule has 0 spiro atoms. The Morgan fingerprint density at radius 2 is 0.897 bits per heavy atom. The summed E-state index contributed by atoms with van der Waals surface area (Å²) in [5, 5.41) is 17.7. The van der Waals surface area contributed by atoms with Gasteiger partial charge in [0.15, 0.2) is 0 Å². The quantitative estimate of drug-likeness (QED) is 0.240. The molecule has 0 aliphatic rings.